The van der Waals surface area contributed by atoms with Gasteiger partial charge in [-0.1, -0.05) is 6.07 Å². The van der Waals surface area contributed by atoms with Crippen molar-refractivity contribution in [2.24, 2.45) is 0 Å². The first-order chi connectivity index (χ1) is 7.75. The van der Waals surface area contributed by atoms with E-state index >= 15 is 0 Å². The highest BCUT2D eigenvalue weighted by Crippen LogP contribution is 2.18. The molecule has 2 amide bonds. The Hall–Kier alpha value is -1.91. The summed E-state index contributed by atoms with van der Waals surface area (Å²) in [6.45, 7) is 0.00586. The van der Waals surface area contributed by atoms with Crippen LogP contribution in [0.1, 0.15) is 23.3 Å². The molecular weight excluding hydrogens is 206 g/mol. The zero-order chi connectivity index (χ0) is 11.4. The Balaban J connectivity index is 1.77. The topological polar surface area (TPSA) is 71.1 Å². The van der Waals surface area contributed by atoms with Crippen LogP contribution in [0.5, 0.6) is 0 Å². The van der Waals surface area contributed by atoms with E-state index in [1.165, 1.54) is 0 Å². The van der Waals surface area contributed by atoms with Gasteiger partial charge in [-0.2, -0.15) is 0 Å². The largest absolute Gasteiger partial charge is 0.352 e. The smallest absolute Gasteiger partial charge is 0.270 e. The van der Waals surface area contributed by atoms with E-state index in [9.17, 15) is 9.59 Å². The molecule has 5 heteroatoms. The lowest BCUT2D eigenvalue weighted by Gasteiger charge is -2.04. The van der Waals surface area contributed by atoms with Gasteiger partial charge in [0.1, 0.15) is 5.69 Å². The molecule has 0 radical (unpaired) electrons. The maximum Gasteiger partial charge on any atom is 0.270 e. The number of carbonyl (C=O) groups is 2. The SMILES string of the molecule is O=C(CNC(=O)c1ccccn1)NC1CC1. The van der Waals surface area contributed by atoms with Crippen LogP contribution in [0.15, 0.2) is 24.4 Å². The molecule has 1 heterocycles. The summed E-state index contributed by atoms with van der Waals surface area (Å²) >= 11 is 0. The van der Waals surface area contributed by atoms with Gasteiger partial charge in [0.25, 0.3) is 5.91 Å². The van der Waals surface area contributed by atoms with Gasteiger partial charge in [-0.05, 0) is 25.0 Å². The number of aromatic nitrogens is 1. The maximum absolute atomic E-state index is 11.5. The average molecular weight is 219 g/mol. The van der Waals surface area contributed by atoms with Crippen molar-refractivity contribution in [3.63, 3.8) is 0 Å². The summed E-state index contributed by atoms with van der Waals surface area (Å²) in [5.74, 6) is -0.474. The minimum atomic E-state index is -0.327. The molecule has 1 fully saturated rings. The van der Waals surface area contributed by atoms with E-state index < -0.39 is 0 Å². The zero-order valence-electron chi connectivity index (χ0n) is 8.77. The second kappa shape index (κ2) is 4.74. The minimum absolute atomic E-state index is 0.00586. The third-order valence-corrected chi connectivity index (χ3v) is 2.25. The number of pyridine rings is 1. The quantitative estimate of drug-likeness (QED) is 0.754. The summed E-state index contributed by atoms with van der Waals surface area (Å²) in [7, 11) is 0. The van der Waals surface area contributed by atoms with Gasteiger partial charge in [0.2, 0.25) is 5.91 Å². The average Bonchev–Trinajstić information content (AvgIpc) is 3.11. The molecule has 2 rings (SSSR count). The molecule has 0 aliphatic heterocycles. The predicted molar refractivity (Wildman–Crippen MR) is 57.7 cm³/mol. The van der Waals surface area contributed by atoms with E-state index in [0.29, 0.717) is 11.7 Å². The number of hydrogen-bond acceptors (Lipinski definition) is 3. The summed E-state index contributed by atoms with van der Waals surface area (Å²) in [5, 5.41) is 5.30. The van der Waals surface area contributed by atoms with Crippen molar-refractivity contribution in [1.29, 1.82) is 0 Å². The van der Waals surface area contributed by atoms with Crippen molar-refractivity contribution in [1.82, 2.24) is 15.6 Å². The summed E-state index contributed by atoms with van der Waals surface area (Å²) in [4.78, 5) is 26.7. The van der Waals surface area contributed by atoms with E-state index in [0.717, 1.165) is 12.8 Å². The Labute approximate surface area is 93.3 Å². The lowest BCUT2D eigenvalue weighted by atomic mass is 10.3. The van der Waals surface area contributed by atoms with Crippen LogP contribution >= 0.6 is 0 Å². The van der Waals surface area contributed by atoms with Crippen molar-refractivity contribution >= 4 is 11.8 Å². The van der Waals surface area contributed by atoms with Gasteiger partial charge >= 0.3 is 0 Å². The van der Waals surface area contributed by atoms with Crippen LogP contribution in [-0.4, -0.2) is 29.4 Å². The third kappa shape index (κ3) is 3.05. The van der Waals surface area contributed by atoms with Gasteiger partial charge in [0.15, 0.2) is 0 Å². The highest BCUT2D eigenvalue weighted by molar-refractivity contribution is 5.94. The van der Waals surface area contributed by atoms with Crippen LogP contribution in [0.3, 0.4) is 0 Å². The Bertz CT molecular complexity index is 387. The molecule has 0 bridgehead atoms. The molecule has 1 aliphatic rings. The van der Waals surface area contributed by atoms with E-state index in [1.807, 2.05) is 0 Å². The number of nitrogens with zero attached hydrogens (tertiary/aromatic N) is 1. The molecule has 1 saturated carbocycles. The fourth-order valence-corrected chi connectivity index (χ4v) is 1.25. The van der Waals surface area contributed by atoms with Crippen molar-refractivity contribution < 1.29 is 9.59 Å². The van der Waals surface area contributed by atoms with Crippen LogP contribution in [0.25, 0.3) is 0 Å². The van der Waals surface area contributed by atoms with E-state index in [4.69, 9.17) is 0 Å². The number of carbonyl (C=O) groups excluding carboxylic acids is 2. The Morgan fingerprint density at radius 3 is 2.81 bits per heavy atom. The van der Waals surface area contributed by atoms with Gasteiger partial charge in [-0.25, -0.2) is 0 Å². The molecule has 5 nitrogen and oxygen atoms in total. The summed E-state index contributed by atoms with van der Waals surface area (Å²) in [5.41, 5.74) is 0.321. The highest BCUT2D eigenvalue weighted by Gasteiger charge is 2.23. The van der Waals surface area contributed by atoms with Crippen molar-refractivity contribution in [3.8, 4) is 0 Å². The monoisotopic (exact) mass is 219 g/mol. The fourth-order valence-electron chi connectivity index (χ4n) is 1.25. The second-order valence-corrected chi connectivity index (χ2v) is 3.74. The molecule has 0 unspecified atom stereocenters. The highest BCUT2D eigenvalue weighted by atomic mass is 16.2. The van der Waals surface area contributed by atoms with Crippen molar-refractivity contribution in [3.05, 3.63) is 30.1 Å². The summed E-state index contributed by atoms with van der Waals surface area (Å²) < 4.78 is 0. The lowest BCUT2D eigenvalue weighted by Crippen LogP contribution is -2.38. The van der Waals surface area contributed by atoms with Crippen LogP contribution < -0.4 is 10.6 Å². The molecule has 1 aliphatic carbocycles. The van der Waals surface area contributed by atoms with Crippen molar-refractivity contribution in [2.45, 2.75) is 18.9 Å². The first kappa shape index (κ1) is 10.6. The van der Waals surface area contributed by atoms with E-state index in [1.54, 1.807) is 24.4 Å². The molecule has 0 atom stereocenters. The minimum Gasteiger partial charge on any atom is -0.352 e. The molecular formula is C11H13N3O2. The van der Waals surface area contributed by atoms with E-state index in [2.05, 4.69) is 15.6 Å². The normalized spacial score (nSPS) is 14.2. The molecule has 16 heavy (non-hydrogen) atoms. The van der Waals surface area contributed by atoms with Crippen molar-refractivity contribution in [2.75, 3.05) is 6.54 Å². The van der Waals surface area contributed by atoms with Gasteiger partial charge in [0.05, 0.1) is 6.54 Å². The number of rotatable bonds is 4. The van der Waals surface area contributed by atoms with Gasteiger partial charge < -0.3 is 10.6 Å². The van der Waals surface area contributed by atoms with Crippen LogP contribution in [0, 0.1) is 0 Å². The maximum atomic E-state index is 11.5. The fraction of sp³-hybridized carbons (Fsp3) is 0.364. The molecule has 2 N–H and O–H groups in total. The third-order valence-electron chi connectivity index (χ3n) is 2.25. The van der Waals surface area contributed by atoms with Gasteiger partial charge in [-0.3, -0.25) is 14.6 Å². The van der Waals surface area contributed by atoms with Crippen LogP contribution in [0.4, 0.5) is 0 Å². The summed E-state index contributed by atoms with van der Waals surface area (Å²) in [6, 6.07) is 5.39. The molecule has 84 valence electrons. The Morgan fingerprint density at radius 2 is 2.19 bits per heavy atom. The Kier molecular flexibility index (Phi) is 3.14. The van der Waals surface area contributed by atoms with Crippen LogP contribution in [0.2, 0.25) is 0 Å². The zero-order valence-corrected chi connectivity index (χ0v) is 8.77. The van der Waals surface area contributed by atoms with Gasteiger partial charge in [-0.15, -0.1) is 0 Å². The molecule has 1 aromatic rings. The van der Waals surface area contributed by atoms with Crippen LogP contribution in [-0.2, 0) is 4.79 Å². The molecule has 0 aromatic carbocycles. The molecule has 0 saturated heterocycles. The van der Waals surface area contributed by atoms with Gasteiger partial charge in [0, 0.05) is 12.2 Å². The number of nitrogens with one attached hydrogen (secondary N) is 2. The number of amides is 2. The first-order valence-corrected chi connectivity index (χ1v) is 5.24. The first-order valence-electron chi connectivity index (χ1n) is 5.24. The standard InChI is InChI=1S/C11H13N3O2/c15-10(14-8-4-5-8)7-13-11(16)9-3-1-2-6-12-9/h1-3,6,8H,4-5,7H2,(H,13,16)(H,14,15). The van der Waals surface area contributed by atoms with E-state index in [-0.39, 0.29) is 18.4 Å². The predicted octanol–water partition coefficient (Wildman–Crippen LogP) is 0.0900. The Morgan fingerprint density at radius 1 is 1.38 bits per heavy atom. The number of hydrogen-bond donors (Lipinski definition) is 2. The second-order valence-electron chi connectivity index (χ2n) is 3.74. The molecule has 1 aromatic heterocycles. The molecule has 0 spiro atoms. The lowest BCUT2D eigenvalue weighted by molar-refractivity contribution is -0.120. The summed E-state index contributed by atoms with van der Waals surface area (Å²) in [6.07, 6.45) is 3.62.